The molecule has 0 rings (SSSR count). The number of carbonyl (C=O) groups excluding carboxylic acids is 1. The number of hydrogen-bond acceptors (Lipinski definition) is 4. The molecule has 0 radical (unpaired) electrons. The Labute approximate surface area is 96.1 Å². The highest BCUT2D eigenvalue weighted by molar-refractivity contribution is 7.87. The Balaban J connectivity index is 4.44. The van der Waals surface area contributed by atoms with Crippen molar-refractivity contribution in [3.63, 3.8) is 0 Å². The summed E-state index contributed by atoms with van der Waals surface area (Å²) in [5.41, 5.74) is -0.166. The van der Waals surface area contributed by atoms with Crippen molar-refractivity contribution in [2.24, 2.45) is 0 Å². The Hall–Kier alpha value is -1.54. The molecule has 0 bridgehead atoms. The van der Waals surface area contributed by atoms with E-state index >= 15 is 0 Å². The highest BCUT2D eigenvalue weighted by atomic mass is 32.2. The number of unbranched alkanes of at least 4 members (excludes halogenated alkanes) is 1. The average molecular weight is 242 g/mol. The molecule has 0 fully saturated rings. The fourth-order valence-corrected chi connectivity index (χ4v) is 1.38. The Bertz CT molecular complexity index is 434. The normalized spacial score (nSPS) is 9.81. The first kappa shape index (κ1) is 14.5. The van der Waals surface area contributed by atoms with E-state index in [1.807, 2.05) is 6.92 Å². The van der Waals surface area contributed by atoms with Crippen LogP contribution in [0, 0.1) is 11.8 Å². The minimum atomic E-state index is -3.90. The summed E-state index contributed by atoms with van der Waals surface area (Å²) in [7, 11) is -3.90. The summed E-state index contributed by atoms with van der Waals surface area (Å²) in [5, 5.41) is 0. The molecule has 0 aromatic heterocycles. The minimum absolute atomic E-state index is 0.166. The second-order valence-corrected chi connectivity index (χ2v) is 4.53. The maximum atomic E-state index is 11.2. The van der Waals surface area contributed by atoms with E-state index in [2.05, 4.69) is 29.2 Å². The Kier molecular flexibility index (Phi) is 6.19. The Morgan fingerprint density at radius 3 is 2.62 bits per heavy atom. The van der Waals surface area contributed by atoms with E-state index in [9.17, 15) is 13.2 Å². The van der Waals surface area contributed by atoms with Crippen molar-refractivity contribution < 1.29 is 17.4 Å². The van der Waals surface area contributed by atoms with E-state index in [-0.39, 0.29) is 5.57 Å². The van der Waals surface area contributed by atoms with Gasteiger partial charge in [-0.25, -0.2) is 4.79 Å². The molecule has 0 aliphatic rings. The standard InChI is InChI=1S/C11H14O4S/c1-4-6-7-8-10(3)11(12)15-16(13,14)9-5-2/h5H,2-4,6,9H2,1H3. The Morgan fingerprint density at radius 2 is 2.12 bits per heavy atom. The number of hydrogen-bond donors (Lipinski definition) is 0. The second-order valence-electron chi connectivity index (χ2n) is 2.91. The van der Waals surface area contributed by atoms with Crippen LogP contribution in [0.25, 0.3) is 0 Å². The van der Waals surface area contributed by atoms with Crippen LogP contribution in [0.5, 0.6) is 0 Å². The first-order valence-corrected chi connectivity index (χ1v) is 6.25. The lowest BCUT2D eigenvalue weighted by Gasteiger charge is -2.01. The van der Waals surface area contributed by atoms with E-state index in [1.165, 1.54) is 0 Å². The first-order chi connectivity index (χ1) is 7.43. The lowest BCUT2D eigenvalue weighted by Crippen LogP contribution is -2.15. The topological polar surface area (TPSA) is 60.4 Å². The maximum absolute atomic E-state index is 11.2. The van der Waals surface area contributed by atoms with Gasteiger partial charge in [-0.05, 0) is 6.42 Å². The van der Waals surface area contributed by atoms with E-state index < -0.39 is 21.8 Å². The molecule has 0 atom stereocenters. The van der Waals surface area contributed by atoms with Crippen LogP contribution in [0.2, 0.25) is 0 Å². The fraction of sp³-hybridized carbons (Fsp3) is 0.364. The molecule has 16 heavy (non-hydrogen) atoms. The molecule has 0 aromatic rings. The minimum Gasteiger partial charge on any atom is -0.340 e. The predicted molar refractivity (Wildman–Crippen MR) is 61.9 cm³/mol. The van der Waals surface area contributed by atoms with Crippen LogP contribution in [0.1, 0.15) is 19.8 Å². The quantitative estimate of drug-likeness (QED) is 0.316. The van der Waals surface area contributed by atoms with Crippen LogP contribution in [0.3, 0.4) is 0 Å². The van der Waals surface area contributed by atoms with Crippen LogP contribution < -0.4 is 0 Å². The van der Waals surface area contributed by atoms with Gasteiger partial charge in [-0.15, -0.1) is 6.58 Å². The summed E-state index contributed by atoms with van der Waals surface area (Å²) in [6.45, 7) is 8.50. The van der Waals surface area contributed by atoms with E-state index in [4.69, 9.17) is 0 Å². The van der Waals surface area contributed by atoms with Crippen molar-refractivity contribution in [3.05, 3.63) is 24.8 Å². The van der Waals surface area contributed by atoms with Gasteiger partial charge in [0.1, 0.15) is 11.3 Å². The van der Waals surface area contributed by atoms with Crippen molar-refractivity contribution in [2.45, 2.75) is 19.8 Å². The van der Waals surface area contributed by atoms with Crippen molar-refractivity contribution in [1.29, 1.82) is 0 Å². The van der Waals surface area contributed by atoms with Gasteiger partial charge in [0.15, 0.2) is 0 Å². The van der Waals surface area contributed by atoms with Crippen molar-refractivity contribution >= 4 is 16.1 Å². The predicted octanol–water partition coefficient (Wildman–Crippen LogP) is 1.41. The molecule has 0 unspecified atom stereocenters. The molecule has 88 valence electrons. The second kappa shape index (κ2) is 6.85. The van der Waals surface area contributed by atoms with Crippen LogP contribution in [0.15, 0.2) is 24.8 Å². The molecule has 0 saturated carbocycles. The van der Waals surface area contributed by atoms with Gasteiger partial charge in [-0.3, -0.25) is 0 Å². The van der Waals surface area contributed by atoms with Crippen molar-refractivity contribution in [2.75, 3.05) is 5.75 Å². The van der Waals surface area contributed by atoms with E-state index in [0.29, 0.717) is 6.42 Å². The molecule has 5 heteroatoms. The molecule has 0 amide bonds. The summed E-state index contributed by atoms with van der Waals surface area (Å²) in [4.78, 5) is 11.2. The third-order valence-corrected chi connectivity index (χ3v) is 2.43. The maximum Gasteiger partial charge on any atom is 0.361 e. The lowest BCUT2D eigenvalue weighted by atomic mass is 10.3. The van der Waals surface area contributed by atoms with Gasteiger partial charge in [-0.2, -0.15) is 8.42 Å². The molecule has 0 aromatic carbocycles. The highest BCUT2D eigenvalue weighted by Gasteiger charge is 2.16. The monoisotopic (exact) mass is 242 g/mol. The molecule has 0 aliphatic carbocycles. The van der Waals surface area contributed by atoms with Gasteiger partial charge < -0.3 is 4.18 Å². The highest BCUT2D eigenvalue weighted by Crippen LogP contribution is 2.00. The van der Waals surface area contributed by atoms with Crippen molar-refractivity contribution in [1.82, 2.24) is 0 Å². The van der Waals surface area contributed by atoms with Crippen molar-refractivity contribution in [3.8, 4) is 11.8 Å². The van der Waals surface area contributed by atoms with Gasteiger partial charge in [0.2, 0.25) is 0 Å². The third-order valence-electron chi connectivity index (χ3n) is 1.39. The van der Waals surface area contributed by atoms with E-state index in [1.54, 1.807) is 0 Å². The molecule has 0 spiro atoms. The molecule has 0 N–H and O–H groups in total. The summed E-state index contributed by atoms with van der Waals surface area (Å²) < 4.78 is 26.4. The smallest absolute Gasteiger partial charge is 0.340 e. The van der Waals surface area contributed by atoms with Gasteiger partial charge in [0.05, 0.1) is 0 Å². The fourth-order valence-electron chi connectivity index (χ4n) is 0.689. The molecular weight excluding hydrogens is 228 g/mol. The lowest BCUT2D eigenvalue weighted by molar-refractivity contribution is -0.129. The van der Waals surface area contributed by atoms with Crippen LogP contribution in [-0.4, -0.2) is 20.1 Å². The Morgan fingerprint density at radius 1 is 1.50 bits per heavy atom. The molecule has 0 saturated heterocycles. The zero-order chi connectivity index (χ0) is 12.6. The molecule has 0 aliphatic heterocycles. The zero-order valence-corrected chi connectivity index (χ0v) is 9.97. The SMILES string of the molecule is C=CCS(=O)(=O)OC(=O)C(=C)C#CCCC. The summed E-state index contributed by atoms with van der Waals surface area (Å²) in [5.74, 6) is 3.65. The summed E-state index contributed by atoms with van der Waals surface area (Å²) in [6, 6.07) is 0. The number of rotatable bonds is 5. The van der Waals surface area contributed by atoms with Crippen LogP contribution >= 0.6 is 0 Å². The number of carbonyl (C=O) groups is 1. The molecule has 4 nitrogen and oxygen atoms in total. The zero-order valence-electron chi connectivity index (χ0n) is 9.15. The van der Waals surface area contributed by atoms with Gasteiger partial charge in [0.25, 0.3) is 0 Å². The van der Waals surface area contributed by atoms with Crippen LogP contribution in [-0.2, 0) is 19.1 Å². The molecule has 0 heterocycles. The molecular formula is C11H14O4S. The average Bonchev–Trinajstić information content (AvgIpc) is 2.16. The van der Waals surface area contributed by atoms with Gasteiger partial charge in [-0.1, -0.05) is 31.4 Å². The van der Waals surface area contributed by atoms with E-state index in [0.717, 1.165) is 12.5 Å². The summed E-state index contributed by atoms with van der Waals surface area (Å²) >= 11 is 0. The van der Waals surface area contributed by atoms with Gasteiger partial charge >= 0.3 is 16.1 Å². The van der Waals surface area contributed by atoms with Gasteiger partial charge in [0, 0.05) is 6.42 Å². The third kappa shape index (κ3) is 6.04. The first-order valence-electron chi connectivity index (χ1n) is 4.68. The largest absolute Gasteiger partial charge is 0.361 e. The van der Waals surface area contributed by atoms with Crippen LogP contribution in [0.4, 0.5) is 0 Å². The summed E-state index contributed by atoms with van der Waals surface area (Å²) in [6.07, 6.45) is 2.60.